The topological polar surface area (TPSA) is 49.3 Å². The maximum Gasteiger partial charge on any atom is 0.323 e. The lowest BCUT2D eigenvalue weighted by Crippen LogP contribution is -2.53. The van der Waals surface area contributed by atoms with Gasteiger partial charge in [0.15, 0.2) is 0 Å². The Hall–Kier alpha value is -0.570. The molecule has 0 bridgehead atoms. The van der Waals surface area contributed by atoms with Crippen molar-refractivity contribution in [3.05, 3.63) is 0 Å². The normalized spacial score (nSPS) is 18.4. The minimum absolute atomic E-state index is 0.440. The molecule has 0 aliphatic heterocycles. The Bertz CT molecular complexity index is 230. The highest BCUT2D eigenvalue weighted by Gasteiger charge is 2.37. The summed E-state index contributed by atoms with van der Waals surface area (Å²) in [6, 6.07) is 0. The molecular formula is C14H29NO2. The van der Waals surface area contributed by atoms with E-state index in [4.69, 9.17) is 0 Å². The first-order chi connectivity index (χ1) is 7.91. The van der Waals surface area contributed by atoms with Crippen LogP contribution in [0.5, 0.6) is 0 Å². The smallest absolute Gasteiger partial charge is 0.323 e. The van der Waals surface area contributed by atoms with E-state index < -0.39 is 11.5 Å². The van der Waals surface area contributed by atoms with E-state index in [1.165, 1.54) is 0 Å². The predicted octanol–water partition coefficient (Wildman–Crippen LogP) is 3.29. The Morgan fingerprint density at radius 1 is 1.18 bits per heavy atom. The van der Waals surface area contributed by atoms with Gasteiger partial charge in [0.05, 0.1) is 0 Å². The van der Waals surface area contributed by atoms with E-state index in [1.807, 2.05) is 6.92 Å². The first-order valence-corrected chi connectivity index (χ1v) is 6.90. The van der Waals surface area contributed by atoms with E-state index in [1.54, 1.807) is 0 Å². The second-order valence-electron chi connectivity index (χ2n) is 5.35. The Labute approximate surface area is 106 Å². The highest BCUT2D eigenvalue weighted by Crippen LogP contribution is 2.23. The molecule has 0 fully saturated rings. The molecule has 0 aliphatic rings. The van der Waals surface area contributed by atoms with E-state index in [2.05, 4.69) is 33.0 Å². The number of carbonyl (C=O) groups is 1. The van der Waals surface area contributed by atoms with Crippen LogP contribution >= 0.6 is 0 Å². The standard InChI is InChI=1S/C14H29NO2/c1-6-11(4)9-14(8-3,13(16)17)15-10-12(5)7-2/h11-12,15H,6-10H2,1-5H3,(H,16,17). The molecular weight excluding hydrogens is 214 g/mol. The van der Waals surface area contributed by atoms with Crippen molar-refractivity contribution in [1.29, 1.82) is 0 Å². The number of aliphatic carboxylic acids is 1. The summed E-state index contributed by atoms with van der Waals surface area (Å²) >= 11 is 0. The largest absolute Gasteiger partial charge is 0.480 e. The van der Waals surface area contributed by atoms with Crippen molar-refractivity contribution in [2.45, 2.75) is 65.8 Å². The van der Waals surface area contributed by atoms with Crippen molar-refractivity contribution in [2.24, 2.45) is 11.8 Å². The number of hydrogen-bond acceptors (Lipinski definition) is 2. The Morgan fingerprint density at radius 3 is 2.06 bits per heavy atom. The lowest BCUT2D eigenvalue weighted by atomic mass is 9.84. The quantitative estimate of drug-likeness (QED) is 0.653. The Morgan fingerprint density at radius 2 is 1.71 bits per heavy atom. The first kappa shape index (κ1) is 16.4. The number of rotatable bonds is 9. The van der Waals surface area contributed by atoms with Gasteiger partial charge in [0.25, 0.3) is 0 Å². The molecule has 17 heavy (non-hydrogen) atoms. The molecule has 102 valence electrons. The molecule has 2 N–H and O–H groups in total. The van der Waals surface area contributed by atoms with Crippen LogP contribution in [0.1, 0.15) is 60.3 Å². The third kappa shape index (κ3) is 5.07. The summed E-state index contributed by atoms with van der Waals surface area (Å²) in [5.74, 6) is 0.260. The molecule has 0 rings (SSSR count). The van der Waals surface area contributed by atoms with Gasteiger partial charge in [0, 0.05) is 0 Å². The van der Waals surface area contributed by atoms with Gasteiger partial charge in [-0.1, -0.05) is 47.5 Å². The van der Waals surface area contributed by atoms with Crippen LogP contribution in [-0.4, -0.2) is 23.2 Å². The Balaban J connectivity index is 4.64. The van der Waals surface area contributed by atoms with Gasteiger partial charge in [-0.25, -0.2) is 0 Å². The monoisotopic (exact) mass is 243 g/mol. The van der Waals surface area contributed by atoms with Crippen molar-refractivity contribution in [3.8, 4) is 0 Å². The van der Waals surface area contributed by atoms with Crippen LogP contribution in [-0.2, 0) is 4.79 Å². The third-order valence-electron chi connectivity index (χ3n) is 3.89. The fraction of sp³-hybridized carbons (Fsp3) is 0.929. The molecule has 3 atom stereocenters. The van der Waals surface area contributed by atoms with E-state index in [0.29, 0.717) is 24.7 Å². The van der Waals surface area contributed by atoms with Crippen LogP contribution in [0.3, 0.4) is 0 Å². The van der Waals surface area contributed by atoms with Gasteiger partial charge in [0.1, 0.15) is 5.54 Å². The molecule has 3 unspecified atom stereocenters. The molecule has 0 radical (unpaired) electrons. The molecule has 0 heterocycles. The molecule has 0 saturated heterocycles. The molecule has 3 nitrogen and oxygen atoms in total. The summed E-state index contributed by atoms with van der Waals surface area (Å²) in [4.78, 5) is 11.5. The summed E-state index contributed by atoms with van der Waals surface area (Å²) in [5.41, 5.74) is -0.737. The third-order valence-corrected chi connectivity index (χ3v) is 3.89. The predicted molar refractivity (Wildman–Crippen MR) is 72.2 cm³/mol. The molecule has 0 aliphatic carbocycles. The van der Waals surface area contributed by atoms with Gasteiger partial charge in [-0.05, 0) is 31.2 Å². The summed E-state index contributed by atoms with van der Waals surface area (Å²) in [5, 5.41) is 12.8. The van der Waals surface area contributed by atoms with Crippen molar-refractivity contribution in [3.63, 3.8) is 0 Å². The zero-order valence-electron chi connectivity index (χ0n) is 12.0. The summed E-state index contributed by atoms with van der Waals surface area (Å²) in [7, 11) is 0. The maximum atomic E-state index is 11.5. The number of hydrogen-bond donors (Lipinski definition) is 2. The van der Waals surface area contributed by atoms with Crippen molar-refractivity contribution in [2.75, 3.05) is 6.54 Å². The van der Waals surface area contributed by atoms with Crippen LogP contribution < -0.4 is 5.32 Å². The molecule has 0 aromatic carbocycles. The molecule has 0 spiro atoms. The SMILES string of the molecule is CCC(C)CNC(CC)(CC(C)CC)C(=O)O. The number of carboxylic acids is 1. The van der Waals surface area contributed by atoms with E-state index in [9.17, 15) is 9.90 Å². The van der Waals surface area contributed by atoms with Gasteiger partial charge >= 0.3 is 5.97 Å². The van der Waals surface area contributed by atoms with Crippen LogP contribution in [0.25, 0.3) is 0 Å². The minimum Gasteiger partial charge on any atom is -0.480 e. The van der Waals surface area contributed by atoms with Gasteiger partial charge in [0.2, 0.25) is 0 Å². The summed E-state index contributed by atoms with van der Waals surface area (Å²) < 4.78 is 0. The lowest BCUT2D eigenvalue weighted by Gasteiger charge is -2.33. The van der Waals surface area contributed by atoms with E-state index in [0.717, 1.165) is 19.4 Å². The number of carboxylic acid groups (broad SMARTS) is 1. The highest BCUT2D eigenvalue weighted by atomic mass is 16.4. The fourth-order valence-corrected chi connectivity index (χ4v) is 1.91. The van der Waals surface area contributed by atoms with Gasteiger partial charge in [-0.2, -0.15) is 0 Å². The van der Waals surface area contributed by atoms with Crippen LogP contribution in [0.2, 0.25) is 0 Å². The zero-order valence-corrected chi connectivity index (χ0v) is 12.0. The average molecular weight is 243 g/mol. The second kappa shape index (κ2) is 7.70. The molecule has 3 heteroatoms. The molecule has 0 amide bonds. The van der Waals surface area contributed by atoms with Gasteiger partial charge in [-0.3, -0.25) is 4.79 Å². The van der Waals surface area contributed by atoms with Crippen LogP contribution in [0.15, 0.2) is 0 Å². The van der Waals surface area contributed by atoms with Gasteiger partial charge in [-0.15, -0.1) is 0 Å². The first-order valence-electron chi connectivity index (χ1n) is 6.90. The van der Waals surface area contributed by atoms with E-state index >= 15 is 0 Å². The van der Waals surface area contributed by atoms with Crippen LogP contribution in [0, 0.1) is 11.8 Å². The van der Waals surface area contributed by atoms with Crippen molar-refractivity contribution >= 4 is 5.97 Å². The average Bonchev–Trinajstić information content (AvgIpc) is 2.33. The number of nitrogens with one attached hydrogen (secondary N) is 1. The van der Waals surface area contributed by atoms with Crippen LogP contribution in [0.4, 0.5) is 0 Å². The van der Waals surface area contributed by atoms with E-state index in [-0.39, 0.29) is 0 Å². The second-order valence-corrected chi connectivity index (χ2v) is 5.35. The highest BCUT2D eigenvalue weighted by molar-refractivity contribution is 5.78. The van der Waals surface area contributed by atoms with Gasteiger partial charge < -0.3 is 10.4 Å². The van der Waals surface area contributed by atoms with Crippen molar-refractivity contribution < 1.29 is 9.90 Å². The van der Waals surface area contributed by atoms with Crippen molar-refractivity contribution in [1.82, 2.24) is 5.32 Å². The fourth-order valence-electron chi connectivity index (χ4n) is 1.91. The molecule has 0 aromatic rings. The summed E-state index contributed by atoms with van der Waals surface area (Å²) in [6.07, 6.45) is 3.46. The Kier molecular flexibility index (Phi) is 7.44. The maximum absolute atomic E-state index is 11.5. The molecule has 0 saturated carbocycles. The lowest BCUT2D eigenvalue weighted by molar-refractivity contribution is -0.146. The molecule has 0 aromatic heterocycles. The zero-order chi connectivity index (χ0) is 13.5. The summed E-state index contributed by atoms with van der Waals surface area (Å²) in [6.45, 7) is 11.3. The minimum atomic E-state index is -0.737.